The summed E-state index contributed by atoms with van der Waals surface area (Å²) < 4.78 is 49.1. The minimum atomic E-state index is -4.40. The predicted octanol–water partition coefficient (Wildman–Crippen LogP) is 3.78. The molecule has 1 aromatic carbocycles. The van der Waals surface area contributed by atoms with Crippen molar-refractivity contribution in [3.63, 3.8) is 0 Å². The first kappa shape index (κ1) is 16.1. The third kappa shape index (κ3) is 3.66. The lowest BCUT2D eigenvalue weighted by atomic mass is 10.1. The van der Waals surface area contributed by atoms with E-state index < -0.39 is 12.8 Å². The molecule has 0 fully saturated rings. The van der Waals surface area contributed by atoms with Crippen LogP contribution in [0.1, 0.15) is 5.56 Å². The van der Waals surface area contributed by atoms with Gasteiger partial charge in [0.15, 0.2) is 6.61 Å². The molecule has 1 heterocycles. The van der Waals surface area contributed by atoms with Crippen LogP contribution in [0.15, 0.2) is 30.6 Å². The van der Waals surface area contributed by atoms with Gasteiger partial charge in [0.1, 0.15) is 11.5 Å². The quantitative estimate of drug-likeness (QED) is 0.912. The zero-order valence-electron chi connectivity index (χ0n) is 12.5. The molecule has 0 saturated heterocycles. The second-order valence-corrected chi connectivity index (χ2v) is 4.75. The van der Waals surface area contributed by atoms with Crippen LogP contribution in [-0.4, -0.2) is 31.5 Å². The van der Waals surface area contributed by atoms with E-state index in [2.05, 4.69) is 5.32 Å². The third-order valence-electron chi connectivity index (χ3n) is 3.11. The van der Waals surface area contributed by atoms with Gasteiger partial charge in [-0.25, -0.2) is 0 Å². The SMILES string of the molecule is CNc1ccn(-c2c(C)cc(OC)cc2OCC(F)(F)F)c1. The van der Waals surface area contributed by atoms with Gasteiger partial charge in [0.05, 0.1) is 18.5 Å². The second-order valence-electron chi connectivity index (χ2n) is 4.75. The van der Waals surface area contributed by atoms with Crippen molar-refractivity contribution in [2.75, 3.05) is 26.1 Å². The Morgan fingerprint density at radius 2 is 2.00 bits per heavy atom. The Balaban J connectivity index is 2.45. The zero-order chi connectivity index (χ0) is 16.3. The number of alkyl halides is 3. The van der Waals surface area contributed by atoms with Crippen LogP contribution >= 0.6 is 0 Å². The van der Waals surface area contributed by atoms with Crippen LogP contribution < -0.4 is 14.8 Å². The first-order chi connectivity index (χ1) is 10.3. The Kier molecular flexibility index (Phi) is 4.54. The van der Waals surface area contributed by atoms with Gasteiger partial charge >= 0.3 is 6.18 Å². The van der Waals surface area contributed by atoms with Crippen molar-refractivity contribution in [2.45, 2.75) is 13.1 Å². The molecule has 22 heavy (non-hydrogen) atoms. The lowest BCUT2D eigenvalue weighted by molar-refractivity contribution is -0.153. The van der Waals surface area contributed by atoms with E-state index in [4.69, 9.17) is 9.47 Å². The highest BCUT2D eigenvalue weighted by Gasteiger charge is 2.29. The Hall–Kier alpha value is -2.31. The fourth-order valence-corrected chi connectivity index (χ4v) is 2.12. The summed E-state index contributed by atoms with van der Waals surface area (Å²) in [6, 6.07) is 5.01. The van der Waals surface area contributed by atoms with Crippen LogP contribution in [-0.2, 0) is 0 Å². The number of nitrogens with one attached hydrogen (secondary N) is 1. The Labute approximate surface area is 126 Å². The highest BCUT2D eigenvalue weighted by molar-refractivity contribution is 5.58. The monoisotopic (exact) mass is 314 g/mol. The number of nitrogens with zero attached hydrogens (tertiary/aromatic N) is 1. The molecule has 0 spiro atoms. The van der Waals surface area contributed by atoms with Crippen molar-refractivity contribution in [1.29, 1.82) is 0 Å². The number of benzene rings is 1. The average molecular weight is 314 g/mol. The minimum absolute atomic E-state index is 0.118. The van der Waals surface area contributed by atoms with Gasteiger partial charge < -0.3 is 19.4 Å². The van der Waals surface area contributed by atoms with E-state index in [-0.39, 0.29) is 5.75 Å². The van der Waals surface area contributed by atoms with E-state index in [1.807, 2.05) is 6.07 Å². The lowest BCUT2D eigenvalue weighted by Gasteiger charge is -2.17. The summed E-state index contributed by atoms with van der Waals surface area (Å²) >= 11 is 0. The van der Waals surface area contributed by atoms with E-state index in [0.29, 0.717) is 11.4 Å². The molecule has 0 radical (unpaired) electrons. The first-order valence-corrected chi connectivity index (χ1v) is 6.58. The topological polar surface area (TPSA) is 35.4 Å². The smallest absolute Gasteiger partial charge is 0.422 e. The summed E-state index contributed by atoms with van der Waals surface area (Å²) in [6.45, 7) is 0.435. The molecule has 0 unspecified atom stereocenters. The van der Waals surface area contributed by atoms with Gasteiger partial charge in [-0.15, -0.1) is 0 Å². The fraction of sp³-hybridized carbons (Fsp3) is 0.333. The zero-order valence-corrected chi connectivity index (χ0v) is 12.5. The summed E-state index contributed by atoms with van der Waals surface area (Å²) in [4.78, 5) is 0. The number of aromatic nitrogens is 1. The number of aryl methyl sites for hydroxylation is 1. The summed E-state index contributed by atoms with van der Waals surface area (Å²) in [5.74, 6) is 0.562. The van der Waals surface area contributed by atoms with Gasteiger partial charge in [-0.2, -0.15) is 13.2 Å². The molecule has 4 nitrogen and oxygen atoms in total. The van der Waals surface area contributed by atoms with E-state index in [1.165, 1.54) is 13.2 Å². The number of ether oxygens (including phenoxy) is 2. The molecule has 7 heteroatoms. The van der Waals surface area contributed by atoms with E-state index >= 15 is 0 Å². The first-order valence-electron chi connectivity index (χ1n) is 6.58. The number of methoxy groups -OCH3 is 1. The van der Waals surface area contributed by atoms with Crippen molar-refractivity contribution >= 4 is 5.69 Å². The molecular formula is C15H17F3N2O2. The van der Waals surface area contributed by atoms with Crippen LogP contribution in [0.5, 0.6) is 11.5 Å². The highest BCUT2D eigenvalue weighted by Crippen LogP contribution is 2.33. The highest BCUT2D eigenvalue weighted by atomic mass is 19.4. The Bertz CT molecular complexity index is 651. The average Bonchev–Trinajstić information content (AvgIpc) is 2.92. The van der Waals surface area contributed by atoms with E-state index in [9.17, 15) is 13.2 Å². The largest absolute Gasteiger partial charge is 0.497 e. The summed E-state index contributed by atoms with van der Waals surface area (Å²) in [6.07, 6.45) is -0.878. The maximum atomic E-state index is 12.4. The Morgan fingerprint density at radius 1 is 1.27 bits per heavy atom. The Morgan fingerprint density at radius 3 is 2.55 bits per heavy atom. The summed E-state index contributed by atoms with van der Waals surface area (Å²) in [5, 5.41) is 2.97. The van der Waals surface area contributed by atoms with Crippen molar-refractivity contribution in [2.24, 2.45) is 0 Å². The molecule has 1 aromatic heterocycles. The molecule has 0 saturated carbocycles. The number of hydrogen-bond donors (Lipinski definition) is 1. The third-order valence-corrected chi connectivity index (χ3v) is 3.11. The fourth-order valence-electron chi connectivity index (χ4n) is 2.12. The van der Waals surface area contributed by atoms with Crippen molar-refractivity contribution < 1.29 is 22.6 Å². The van der Waals surface area contributed by atoms with Crippen molar-refractivity contribution in [1.82, 2.24) is 4.57 Å². The van der Waals surface area contributed by atoms with E-state index in [0.717, 1.165) is 11.3 Å². The molecule has 0 atom stereocenters. The predicted molar refractivity (Wildman–Crippen MR) is 78.2 cm³/mol. The number of anilines is 1. The van der Waals surface area contributed by atoms with Gasteiger partial charge in [-0.1, -0.05) is 0 Å². The van der Waals surface area contributed by atoms with Gasteiger partial charge in [0.2, 0.25) is 0 Å². The molecule has 0 aliphatic rings. The van der Waals surface area contributed by atoms with Crippen LogP contribution in [0.25, 0.3) is 5.69 Å². The van der Waals surface area contributed by atoms with Gasteiger partial charge in [-0.05, 0) is 24.6 Å². The molecule has 2 aromatic rings. The van der Waals surface area contributed by atoms with Gasteiger partial charge in [-0.3, -0.25) is 0 Å². The number of rotatable bonds is 5. The van der Waals surface area contributed by atoms with Crippen LogP contribution in [0.3, 0.4) is 0 Å². The molecule has 0 aliphatic carbocycles. The molecule has 120 valence electrons. The second kappa shape index (κ2) is 6.21. The van der Waals surface area contributed by atoms with Crippen LogP contribution in [0.4, 0.5) is 18.9 Å². The molecule has 2 rings (SSSR count). The van der Waals surface area contributed by atoms with Crippen LogP contribution in [0, 0.1) is 6.92 Å². The molecule has 0 amide bonds. The minimum Gasteiger partial charge on any atom is -0.497 e. The summed E-state index contributed by atoms with van der Waals surface area (Å²) in [5.41, 5.74) is 2.14. The molecule has 1 N–H and O–H groups in total. The number of halogens is 3. The number of hydrogen-bond acceptors (Lipinski definition) is 3. The summed E-state index contributed by atoms with van der Waals surface area (Å²) in [7, 11) is 3.22. The van der Waals surface area contributed by atoms with Gasteiger partial charge in [0.25, 0.3) is 0 Å². The van der Waals surface area contributed by atoms with Gasteiger partial charge in [0, 0.05) is 25.5 Å². The van der Waals surface area contributed by atoms with E-state index in [1.54, 1.807) is 37.0 Å². The van der Waals surface area contributed by atoms with Crippen molar-refractivity contribution in [3.05, 3.63) is 36.2 Å². The van der Waals surface area contributed by atoms with Crippen LogP contribution in [0.2, 0.25) is 0 Å². The molecule has 0 aliphatic heterocycles. The maximum absolute atomic E-state index is 12.4. The normalized spacial score (nSPS) is 11.4. The maximum Gasteiger partial charge on any atom is 0.422 e. The molecular weight excluding hydrogens is 297 g/mol. The lowest BCUT2D eigenvalue weighted by Crippen LogP contribution is -2.20. The standard InChI is InChI=1S/C15H17F3N2O2/c1-10-6-12(21-3)7-13(22-9-15(16,17)18)14(10)20-5-4-11(8-20)19-2/h4-8,19H,9H2,1-3H3. The van der Waals surface area contributed by atoms with Crippen molar-refractivity contribution in [3.8, 4) is 17.2 Å². The molecule has 0 bridgehead atoms.